The highest BCUT2D eigenvalue weighted by Gasteiger charge is 2.42. The number of halogens is 2. The van der Waals surface area contributed by atoms with Gasteiger partial charge in [-0.2, -0.15) is 0 Å². The Balaban J connectivity index is 1.96. The number of rotatable bonds is 0. The Morgan fingerprint density at radius 3 is 2.36 bits per heavy atom. The molecular weight excluding hydrogens is 440 g/mol. The second-order valence-electron chi connectivity index (χ2n) is 7.22. The highest BCUT2D eigenvalue weighted by atomic mass is 79.9. The molecule has 2 aliphatic rings. The molecule has 25 heavy (non-hydrogen) atoms. The van der Waals surface area contributed by atoms with E-state index in [-0.39, 0.29) is 11.2 Å². The summed E-state index contributed by atoms with van der Waals surface area (Å²) >= 11 is 7.25. The Bertz CT molecular complexity index is 1110. The van der Waals surface area contributed by atoms with Crippen molar-refractivity contribution >= 4 is 37.6 Å². The van der Waals surface area contributed by atoms with E-state index < -0.39 is 0 Å². The van der Waals surface area contributed by atoms with Crippen LogP contribution in [-0.2, 0) is 5.41 Å². The van der Waals surface area contributed by atoms with Gasteiger partial charge in [0.05, 0.1) is 0 Å². The highest BCUT2D eigenvalue weighted by molar-refractivity contribution is 9.10. The van der Waals surface area contributed by atoms with Gasteiger partial charge in [0.1, 0.15) is 0 Å². The third kappa shape index (κ3) is 1.86. The Morgan fingerprint density at radius 2 is 1.56 bits per heavy atom. The van der Waals surface area contributed by atoms with Gasteiger partial charge in [-0.05, 0) is 46.0 Å². The average Bonchev–Trinajstić information content (AvgIpc) is 2.99. The van der Waals surface area contributed by atoms with Crippen LogP contribution in [0.15, 0.2) is 57.5 Å². The summed E-state index contributed by atoms with van der Waals surface area (Å²) in [6.07, 6.45) is 0. The van der Waals surface area contributed by atoms with E-state index in [4.69, 9.17) is 0 Å². The van der Waals surface area contributed by atoms with E-state index in [1.807, 2.05) is 18.2 Å². The molecule has 0 aliphatic heterocycles. The first kappa shape index (κ1) is 15.5. The summed E-state index contributed by atoms with van der Waals surface area (Å²) < 4.78 is 1.94. The van der Waals surface area contributed by atoms with Crippen molar-refractivity contribution in [2.75, 3.05) is 0 Å². The molecule has 0 N–H and O–H groups in total. The molecule has 0 saturated carbocycles. The van der Waals surface area contributed by atoms with E-state index in [0.29, 0.717) is 0 Å². The summed E-state index contributed by atoms with van der Waals surface area (Å²) in [5, 5.41) is 0. The quantitative estimate of drug-likeness (QED) is 0.288. The van der Waals surface area contributed by atoms with E-state index in [2.05, 4.69) is 76.0 Å². The molecule has 0 fully saturated rings. The molecule has 0 spiro atoms. The van der Waals surface area contributed by atoms with Gasteiger partial charge in [-0.3, -0.25) is 4.79 Å². The Labute approximate surface area is 163 Å². The van der Waals surface area contributed by atoms with Gasteiger partial charge in [0.25, 0.3) is 0 Å². The fourth-order valence-electron chi connectivity index (χ4n) is 4.45. The topological polar surface area (TPSA) is 17.1 Å². The number of carbonyl (C=O) groups excluding carboxylic acids is 1. The lowest BCUT2D eigenvalue weighted by molar-refractivity contribution is 0.104. The Kier molecular flexibility index (Phi) is 3.06. The van der Waals surface area contributed by atoms with Crippen molar-refractivity contribution in [1.29, 1.82) is 0 Å². The lowest BCUT2D eigenvalue weighted by atomic mass is 9.78. The number of fused-ring (bicyclic) bond motifs is 7. The van der Waals surface area contributed by atoms with Crippen molar-refractivity contribution in [2.24, 2.45) is 0 Å². The maximum Gasteiger partial charge on any atom is 0.194 e. The van der Waals surface area contributed by atoms with E-state index in [1.165, 1.54) is 22.3 Å². The molecule has 2 aliphatic carbocycles. The van der Waals surface area contributed by atoms with E-state index in [9.17, 15) is 4.79 Å². The number of carbonyl (C=O) groups is 1. The van der Waals surface area contributed by atoms with Crippen molar-refractivity contribution < 1.29 is 4.79 Å². The van der Waals surface area contributed by atoms with Crippen LogP contribution < -0.4 is 0 Å². The highest BCUT2D eigenvalue weighted by Crippen LogP contribution is 2.57. The number of hydrogen-bond acceptors (Lipinski definition) is 1. The molecule has 5 rings (SSSR count). The van der Waals surface area contributed by atoms with Crippen LogP contribution in [0.25, 0.3) is 22.3 Å². The molecule has 0 heterocycles. The van der Waals surface area contributed by atoms with E-state index >= 15 is 0 Å². The minimum Gasteiger partial charge on any atom is -0.289 e. The lowest BCUT2D eigenvalue weighted by Crippen LogP contribution is -2.16. The first-order chi connectivity index (χ1) is 11.9. The lowest BCUT2D eigenvalue weighted by Gasteiger charge is -2.24. The molecule has 0 unspecified atom stereocenters. The molecule has 0 saturated heterocycles. The fraction of sp³-hybridized carbons (Fsp3) is 0.136. The van der Waals surface area contributed by atoms with Gasteiger partial charge < -0.3 is 0 Å². The molecule has 3 heteroatoms. The monoisotopic (exact) mass is 452 g/mol. The first-order valence-corrected chi connectivity index (χ1v) is 9.81. The summed E-state index contributed by atoms with van der Waals surface area (Å²) in [7, 11) is 0. The summed E-state index contributed by atoms with van der Waals surface area (Å²) in [6, 6.07) is 16.6. The molecule has 1 nitrogen and oxygen atoms in total. The van der Waals surface area contributed by atoms with Gasteiger partial charge in [0.15, 0.2) is 5.78 Å². The number of hydrogen-bond donors (Lipinski definition) is 0. The van der Waals surface area contributed by atoms with Crippen LogP contribution in [-0.4, -0.2) is 5.78 Å². The van der Waals surface area contributed by atoms with Crippen LogP contribution in [0.5, 0.6) is 0 Å². The van der Waals surface area contributed by atoms with Gasteiger partial charge >= 0.3 is 0 Å². The van der Waals surface area contributed by atoms with Gasteiger partial charge in [-0.15, -0.1) is 0 Å². The van der Waals surface area contributed by atoms with E-state index in [0.717, 1.165) is 31.2 Å². The predicted molar refractivity (Wildman–Crippen MR) is 108 cm³/mol. The minimum absolute atomic E-state index is 0.113. The van der Waals surface area contributed by atoms with Crippen LogP contribution in [0.1, 0.15) is 40.9 Å². The summed E-state index contributed by atoms with van der Waals surface area (Å²) in [5.74, 6) is 0.113. The molecule has 0 atom stereocenters. The van der Waals surface area contributed by atoms with Gasteiger partial charge in [-0.1, -0.05) is 76.0 Å². The summed E-state index contributed by atoms with van der Waals surface area (Å²) in [4.78, 5) is 13.0. The zero-order valence-electron chi connectivity index (χ0n) is 13.8. The molecule has 3 aromatic rings. The molecule has 3 aromatic carbocycles. The van der Waals surface area contributed by atoms with Crippen LogP contribution in [0.4, 0.5) is 0 Å². The molecule has 0 radical (unpaired) electrons. The molecule has 122 valence electrons. The van der Waals surface area contributed by atoms with Crippen LogP contribution in [0, 0.1) is 0 Å². The minimum atomic E-state index is -0.144. The third-order valence-corrected chi connectivity index (χ3v) is 6.63. The van der Waals surface area contributed by atoms with Crippen molar-refractivity contribution in [3.63, 3.8) is 0 Å². The van der Waals surface area contributed by atoms with Crippen molar-refractivity contribution in [3.05, 3.63) is 79.7 Å². The number of ketones is 1. The van der Waals surface area contributed by atoms with Crippen LogP contribution in [0.3, 0.4) is 0 Å². The maximum atomic E-state index is 13.0. The van der Waals surface area contributed by atoms with Gasteiger partial charge in [-0.25, -0.2) is 0 Å². The van der Waals surface area contributed by atoms with Gasteiger partial charge in [0.2, 0.25) is 0 Å². The molecular formula is C22H14Br2O. The van der Waals surface area contributed by atoms with Gasteiger partial charge in [0, 0.05) is 31.1 Å². The fourth-order valence-corrected chi connectivity index (χ4v) is 5.45. The smallest absolute Gasteiger partial charge is 0.194 e. The Hall–Kier alpha value is -1.71. The first-order valence-electron chi connectivity index (χ1n) is 8.22. The second-order valence-corrected chi connectivity index (χ2v) is 8.99. The number of benzene rings is 3. The second kappa shape index (κ2) is 4.93. The van der Waals surface area contributed by atoms with Crippen molar-refractivity contribution in [1.82, 2.24) is 0 Å². The Morgan fingerprint density at radius 1 is 0.800 bits per heavy atom. The normalized spacial score (nSPS) is 15.6. The summed E-state index contributed by atoms with van der Waals surface area (Å²) in [5.41, 5.74) is 8.66. The van der Waals surface area contributed by atoms with Crippen molar-refractivity contribution in [2.45, 2.75) is 19.3 Å². The van der Waals surface area contributed by atoms with Crippen LogP contribution >= 0.6 is 31.9 Å². The zero-order chi connectivity index (χ0) is 17.5. The standard InChI is InChI=1S/C22H14Br2O/c1-22(2)16-6-4-3-5-13(16)19-17(24)10-15-18(20(19)22)12-8-7-11(23)9-14(12)21(15)25/h3-10H,1-2H3. The molecule has 0 aromatic heterocycles. The predicted octanol–water partition coefficient (Wildman–Crippen LogP) is 6.73. The maximum absolute atomic E-state index is 13.0. The molecule has 0 amide bonds. The average molecular weight is 454 g/mol. The summed E-state index contributed by atoms with van der Waals surface area (Å²) in [6.45, 7) is 4.51. The third-order valence-electron chi connectivity index (χ3n) is 5.51. The largest absolute Gasteiger partial charge is 0.289 e. The molecule has 0 bridgehead atoms. The van der Waals surface area contributed by atoms with E-state index in [1.54, 1.807) is 0 Å². The van der Waals surface area contributed by atoms with Crippen LogP contribution in [0.2, 0.25) is 0 Å². The SMILES string of the molecule is CC1(C)c2ccccc2-c2c(Br)cc3c(c21)-c1ccc(Br)cc1C3=O. The zero-order valence-corrected chi connectivity index (χ0v) is 17.0. The van der Waals surface area contributed by atoms with Crippen molar-refractivity contribution in [3.8, 4) is 22.3 Å².